The van der Waals surface area contributed by atoms with Crippen molar-refractivity contribution < 1.29 is 4.52 Å². The molecule has 0 unspecified atom stereocenters. The van der Waals surface area contributed by atoms with Gasteiger partial charge in [0.2, 0.25) is 0 Å². The third-order valence-electron chi connectivity index (χ3n) is 4.55. The molecular formula is C19H23N5OS. The van der Waals surface area contributed by atoms with Gasteiger partial charge >= 0.3 is 0 Å². The summed E-state index contributed by atoms with van der Waals surface area (Å²) in [6.45, 7) is 5.05. The van der Waals surface area contributed by atoms with Gasteiger partial charge in [-0.05, 0) is 45.0 Å². The summed E-state index contributed by atoms with van der Waals surface area (Å²) in [5.74, 6) is 2.54. The Morgan fingerprint density at radius 3 is 2.62 bits per heavy atom. The molecule has 0 atom stereocenters. The summed E-state index contributed by atoms with van der Waals surface area (Å²) in [6, 6.07) is 12.3. The van der Waals surface area contributed by atoms with Crippen LogP contribution in [0.5, 0.6) is 0 Å². The molecular weight excluding hydrogens is 346 g/mol. The van der Waals surface area contributed by atoms with E-state index >= 15 is 0 Å². The predicted molar refractivity (Wildman–Crippen MR) is 101 cm³/mol. The van der Waals surface area contributed by atoms with Gasteiger partial charge < -0.3 is 4.52 Å². The zero-order valence-corrected chi connectivity index (χ0v) is 15.8. The SMILES string of the molecule is Cc1cc(CSc2nnc(CN3CCCCC3)n2-c2ccccc2)on1. The van der Waals surface area contributed by atoms with Crippen LogP contribution in [0.4, 0.5) is 0 Å². The van der Waals surface area contributed by atoms with E-state index in [2.05, 4.69) is 37.0 Å². The third kappa shape index (κ3) is 3.99. The van der Waals surface area contributed by atoms with Crippen LogP contribution in [0.15, 0.2) is 46.1 Å². The van der Waals surface area contributed by atoms with Crippen LogP contribution in [0.1, 0.15) is 36.5 Å². The van der Waals surface area contributed by atoms with Crippen LogP contribution in [0.25, 0.3) is 5.69 Å². The molecule has 0 amide bonds. The molecule has 0 radical (unpaired) electrons. The highest BCUT2D eigenvalue weighted by molar-refractivity contribution is 7.98. The quantitative estimate of drug-likeness (QED) is 0.615. The number of hydrogen-bond donors (Lipinski definition) is 0. The summed E-state index contributed by atoms with van der Waals surface area (Å²) in [5, 5.41) is 13.8. The number of rotatable bonds is 6. The van der Waals surface area contributed by atoms with E-state index in [1.165, 1.54) is 19.3 Å². The van der Waals surface area contributed by atoms with Gasteiger partial charge in [-0.3, -0.25) is 9.47 Å². The number of likely N-dealkylation sites (tertiary alicyclic amines) is 1. The highest BCUT2D eigenvalue weighted by Crippen LogP contribution is 2.26. The Morgan fingerprint density at radius 1 is 1.08 bits per heavy atom. The van der Waals surface area contributed by atoms with Crippen molar-refractivity contribution in [1.29, 1.82) is 0 Å². The van der Waals surface area contributed by atoms with Crippen molar-refractivity contribution in [3.8, 4) is 5.69 Å². The molecule has 1 aliphatic rings. The average molecular weight is 369 g/mol. The molecule has 0 spiro atoms. The molecule has 3 aromatic rings. The topological polar surface area (TPSA) is 60.0 Å². The molecule has 26 heavy (non-hydrogen) atoms. The van der Waals surface area contributed by atoms with Crippen molar-refractivity contribution in [2.45, 2.75) is 43.6 Å². The summed E-state index contributed by atoms with van der Waals surface area (Å²) < 4.78 is 7.49. The van der Waals surface area contributed by atoms with E-state index in [1.807, 2.05) is 31.2 Å². The lowest BCUT2D eigenvalue weighted by Crippen LogP contribution is -2.30. The highest BCUT2D eigenvalue weighted by Gasteiger charge is 2.19. The first-order valence-corrected chi connectivity index (χ1v) is 10.1. The smallest absolute Gasteiger partial charge is 0.196 e. The first-order valence-electron chi connectivity index (χ1n) is 9.06. The van der Waals surface area contributed by atoms with Crippen LogP contribution >= 0.6 is 11.8 Å². The van der Waals surface area contributed by atoms with Gasteiger partial charge in [0, 0.05) is 11.8 Å². The van der Waals surface area contributed by atoms with Gasteiger partial charge in [-0.1, -0.05) is 41.5 Å². The minimum atomic E-state index is 0.690. The Hall–Kier alpha value is -2.12. The second-order valence-corrected chi connectivity index (χ2v) is 7.57. The molecule has 1 saturated heterocycles. The van der Waals surface area contributed by atoms with Crippen molar-refractivity contribution >= 4 is 11.8 Å². The molecule has 1 aromatic carbocycles. The Morgan fingerprint density at radius 2 is 1.88 bits per heavy atom. The van der Waals surface area contributed by atoms with Gasteiger partial charge in [-0.2, -0.15) is 0 Å². The van der Waals surface area contributed by atoms with Gasteiger partial charge in [0.25, 0.3) is 0 Å². The van der Waals surface area contributed by atoms with Crippen LogP contribution in [0, 0.1) is 6.92 Å². The van der Waals surface area contributed by atoms with Crippen LogP contribution < -0.4 is 0 Å². The molecule has 136 valence electrons. The summed E-state index contributed by atoms with van der Waals surface area (Å²) in [4.78, 5) is 2.47. The van der Waals surface area contributed by atoms with Gasteiger partial charge in [0.05, 0.1) is 18.0 Å². The number of piperidine rings is 1. The first kappa shape index (κ1) is 17.3. The summed E-state index contributed by atoms with van der Waals surface area (Å²) >= 11 is 1.63. The van der Waals surface area contributed by atoms with Crippen LogP contribution in [-0.2, 0) is 12.3 Å². The number of benzene rings is 1. The van der Waals surface area contributed by atoms with Crippen LogP contribution in [-0.4, -0.2) is 37.9 Å². The van der Waals surface area contributed by atoms with E-state index in [9.17, 15) is 0 Å². The van der Waals surface area contributed by atoms with Gasteiger partial charge in [0.1, 0.15) is 5.76 Å². The van der Waals surface area contributed by atoms with Crippen LogP contribution in [0.2, 0.25) is 0 Å². The zero-order valence-electron chi connectivity index (χ0n) is 15.0. The Bertz CT molecular complexity index is 839. The van der Waals surface area contributed by atoms with Gasteiger partial charge in [-0.25, -0.2) is 0 Å². The standard InChI is InChI=1S/C19H23N5OS/c1-15-12-17(25-22-15)14-26-19-21-20-18(13-23-10-6-3-7-11-23)24(19)16-8-4-2-5-9-16/h2,4-5,8-9,12H,3,6-7,10-11,13-14H2,1H3. The molecule has 3 heterocycles. The van der Waals surface area contributed by atoms with Gasteiger partial charge in [0.15, 0.2) is 11.0 Å². The van der Waals surface area contributed by atoms with E-state index < -0.39 is 0 Å². The third-order valence-corrected chi connectivity index (χ3v) is 5.50. The van der Waals surface area contributed by atoms with E-state index in [0.717, 1.165) is 47.8 Å². The largest absolute Gasteiger partial charge is 0.360 e. The molecule has 1 aliphatic heterocycles. The summed E-state index contributed by atoms with van der Waals surface area (Å²) in [7, 11) is 0. The average Bonchev–Trinajstić information content (AvgIpc) is 3.27. The van der Waals surface area contributed by atoms with Crippen molar-refractivity contribution in [1.82, 2.24) is 24.8 Å². The monoisotopic (exact) mass is 369 g/mol. The molecule has 2 aromatic heterocycles. The fraction of sp³-hybridized carbons (Fsp3) is 0.421. The summed E-state index contributed by atoms with van der Waals surface area (Å²) in [5.41, 5.74) is 2.00. The number of hydrogen-bond acceptors (Lipinski definition) is 6. The molecule has 4 rings (SSSR count). The number of aromatic nitrogens is 4. The Balaban J connectivity index is 1.58. The molecule has 6 nitrogen and oxygen atoms in total. The molecule has 0 aliphatic carbocycles. The Kier molecular flexibility index (Phi) is 5.36. The second kappa shape index (κ2) is 8.05. The van der Waals surface area contributed by atoms with Crippen molar-refractivity contribution in [2.75, 3.05) is 13.1 Å². The van der Waals surface area contributed by atoms with E-state index in [-0.39, 0.29) is 0 Å². The van der Waals surface area contributed by atoms with Crippen LogP contribution in [0.3, 0.4) is 0 Å². The highest BCUT2D eigenvalue weighted by atomic mass is 32.2. The minimum Gasteiger partial charge on any atom is -0.360 e. The van der Waals surface area contributed by atoms with Crippen molar-refractivity contribution in [2.24, 2.45) is 0 Å². The molecule has 7 heteroatoms. The fourth-order valence-corrected chi connectivity index (χ4v) is 4.12. The maximum atomic E-state index is 5.32. The lowest BCUT2D eigenvalue weighted by molar-refractivity contribution is 0.214. The van der Waals surface area contributed by atoms with E-state index in [4.69, 9.17) is 4.52 Å². The van der Waals surface area contributed by atoms with Gasteiger partial charge in [-0.15, -0.1) is 10.2 Å². The number of aryl methyl sites for hydroxylation is 1. The lowest BCUT2D eigenvalue weighted by atomic mass is 10.1. The van der Waals surface area contributed by atoms with E-state index in [1.54, 1.807) is 11.8 Å². The van der Waals surface area contributed by atoms with Crippen molar-refractivity contribution in [3.05, 3.63) is 53.7 Å². The Labute approximate surface area is 157 Å². The molecule has 0 bridgehead atoms. The molecule has 1 fully saturated rings. The summed E-state index contributed by atoms with van der Waals surface area (Å²) in [6.07, 6.45) is 3.87. The minimum absolute atomic E-state index is 0.690. The number of thioether (sulfide) groups is 1. The number of para-hydroxylation sites is 1. The number of nitrogens with zero attached hydrogens (tertiary/aromatic N) is 5. The maximum absolute atomic E-state index is 5.32. The normalized spacial score (nSPS) is 15.4. The predicted octanol–water partition coefficient (Wildman–Crippen LogP) is 3.84. The fourth-order valence-electron chi connectivity index (χ4n) is 3.27. The van der Waals surface area contributed by atoms with E-state index in [0.29, 0.717) is 5.75 Å². The second-order valence-electron chi connectivity index (χ2n) is 6.63. The zero-order chi connectivity index (χ0) is 17.8. The maximum Gasteiger partial charge on any atom is 0.196 e. The molecule has 0 N–H and O–H groups in total. The lowest BCUT2D eigenvalue weighted by Gasteiger charge is -2.26. The first-order chi connectivity index (χ1) is 12.8. The molecule has 0 saturated carbocycles. The van der Waals surface area contributed by atoms with Crippen molar-refractivity contribution in [3.63, 3.8) is 0 Å².